The van der Waals surface area contributed by atoms with Gasteiger partial charge in [0.15, 0.2) is 5.13 Å². The van der Waals surface area contributed by atoms with E-state index in [-0.39, 0.29) is 5.91 Å². The van der Waals surface area contributed by atoms with Crippen LogP contribution in [0.5, 0.6) is 5.75 Å². The number of aromatic nitrogens is 1. The summed E-state index contributed by atoms with van der Waals surface area (Å²) in [7, 11) is 0. The van der Waals surface area contributed by atoms with Gasteiger partial charge >= 0.3 is 0 Å². The quantitative estimate of drug-likeness (QED) is 0.590. The van der Waals surface area contributed by atoms with E-state index < -0.39 is 0 Å². The molecule has 1 amide bonds. The van der Waals surface area contributed by atoms with E-state index in [2.05, 4.69) is 10.3 Å². The minimum absolute atomic E-state index is 0.0499. The first-order chi connectivity index (χ1) is 12.0. The fourth-order valence-corrected chi connectivity index (χ4v) is 3.51. The van der Waals surface area contributed by atoms with Crippen LogP contribution in [0.15, 0.2) is 36.4 Å². The van der Waals surface area contributed by atoms with E-state index in [4.69, 9.17) is 16.3 Å². The number of amides is 1. The number of hydrogen-bond donors (Lipinski definition) is 1. The highest BCUT2D eigenvalue weighted by Gasteiger charge is 2.08. The average molecular weight is 375 g/mol. The van der Waals surface area contributed by atoms with Gasteiger partial charge in [0.05, 0.1) is 16.8 Å². The number of anilines is 1. The van der Waals surface area contributed by atoms with Crippen molar-refractivity contribution in [3.8, 4) is 5.75 Å². The van der Waals surface area contributed by atoms with Gasteiger partial charge < -0.3 is 10.1 Å². The van der Waals surface area contributed by atoms with Crippen LogP contribution in [0.25, 0.3) is 10.2 Å². The zero-order valence-corrected chi connectivity index (χ0v) is 15.7. The summed E-state index contributed by atoms with van der Waals surface area (Å²) in [6.45, 7) is 4.38. The molecule has 6 heteroatoms. The summed E-state index contributed by atoms with van der Waals surface area (Å²) >= 11 is 7.62. The molecule has 0 atom stereocenters. The van der Waals surface area contributed by atoms with Gasteiger partial charge in [0.2, 0.25) is 5.91 Å². The molecule has 0 unspecified atom stereocenters. The lowest BCUT2D eigenvalue weighted by Crippen LogP contribution is -2.12. The SMILES string of the molecule is Cc1cc(OCCCC(=O)Nc2nc3ccccc3s2)cc(C)c1Cl. The molecule has 0 saturated carbocycles. The molecule has 130 valence electrons. The number of hydrogen-bond acceptors (Lipinski definition) is 4. The standard InChI is InChI=1S/C19H19ClN2O2S/c1-12-10-14(11-13(2)18(12)20)24-9-5-8-17(23)22-19-21-15-6-3-4-7-16(15)25-19/h3-4,6-7,10-11H,5,8-9H2,1-2H3,(H,21,22,23). The van der Waals surface area contributed by atoms with Gasteiger partial charge in [0.1, 0.15) is 5.75 Å². The second-order valence-corrected chi connectivity index (χ2v) is 7.27. The highest BCUT2D eigenvalue weighted by atomic mass is 35.5. The molecule has 0 aliphatic heterocycles. The molecule has 0 fully saturated rings. The third-order valence-corrected chi connectivity index (χ3v) is 5.32. The first-order valence-electron chi connectivity index (χ1n) is 8.08. The maximum absolute atomic E-state index is 12.0. The maximum atomic E-state index is 12.0. The number of ether oxygens (including phenoxy) is 1. The van der Waals surface area contributed by atoms with Crippen molar-refractivity contribution in [1.82, 2.24) is 4.98 Å². The lowest BCUT2D eigenvalue weighted by Gasteiger charge is -2.09. The summed E-state index contributed by atoms with van der Waals surface area (Å²) in [6.07, 6.45) is 1.03. The van der Waals surface area contributed by atoms with Crippen molar-refractivity contribution in [3.05, 3.63) is 52.5 Å². The molecule has 0 spiro atoms. The first-order valence-corrected chi connectivity index (χ1v) is 9.27. The summed E-state index contributed by atoms with van der Waals surface area (Å²) < 4.78 is 6.78. The highest BCUT2D eigenvalue weighted by Crippen LogP contribution is 2.26. The molecule has 3 rings (SSSR count). The van der Waals surface area contributed by atoms with E-state index in [0.717, 1.165) is 32.1 Å². The van der Waals surface area contributed by atoms with Gasteiger partial charge in [-0.3, -0.25) is 4.79 Å². The zero-order valence-electron chi connectivity index (χ0n) is 14.1. The van der Waals surface area contributed by atoms with Crippen molar-refractivity contribution in [3.63, 3.8) is 0 Å². The summed E-state index contributed by atoms with van der Waals surface area (Å²) in [6, 6.07) is 11.7. The van der Waals surface area contributed by atoms with Gasteiger partial charge in [-0.25, -0.2) is 4.98 Å². The summed E-state index contributed by atoms with van der Waals surface area (Å²) in [5.74, 6) is 0.733. The lowest BCUT2D eigenvalue weighted by molar-refractivity contribution is -0.116. The van der Waals surface area contributed by atoms with Gasteiger partial charge in [-0.1, -0.05) is 35.1 Å². The normalized spacial score (nSPS) is 10.8. The number of carbonyl (C=O) groups is 1. The number of para-hydroxylation sites is 1. The summed E-state index contributed by atoms with van der Waals surface area (Å²) in [5.41, 5.74) is 2.88. The summed E-state index contributed by atoms with van der Waals surface area (Å²) in [5, 5.41) is 4.25. The predicted octanol–water partition coefficient (Wildman–Crippen LogP) is 5.36. The molecule has 1 heterocycles. The van der Waals surface area contributed by atoms with E-state index in [9.17, 15) is 4.79 Å². The van der Waals surface area contributed by atoms with Crippen LogP contribution in [0.1, 0.15) is 24.0 Å². The average Bonchev–Trinajstić information content (AvgIpc) is 2.98. The Hall–Kier alpha value is -2.11. The van der Waals surface area contributed by atoms with Crippen molar-refractivity contribution in [2.24, 2.45) is 0 Å². The molecule has 0 aliphatic carbocycles. The van der Waals surface area contributed by atoms with Crippen LogP contribution in [0, 0.1) is 13.8 Å². The van der Waals surface area contributed by atoms with E-state index in [1.807, 2.05) is 50.2 Å². The van der Waals surface area contributed by atoms with Gasteiger partial charge in [-0.2, -0.15) is 0 Å². The number of nitrogens with zero attached hydrogens (tertiary/aromatic N) is 1. The molecule has 0 bridgehead atoms. The molecule has 1 aromatic heterocycles. The third-order valence-electron chi connectivity index (χ3n) is 3.77. The first kappa shape index (κ1) is 17.7. The number of nitrogens with one attached hydrogen (secondary N) is 1. The van der Waals surface area contributed by atoms with Gasteiger partial charge in [0, 0.05) is 11.4 Å². The molecule has 2 aromatic carbocycles. The molecular formula is C19H19ClN2O2S. The number of fused-ring (bicyclic) bond motifs is 1. The molecular weight excluding hydrogens is 356 g/mol. The second-order valence-electron chi connectivity index (χ2n) is 5.86. The molecule has 0 radical (unpaired) electrons. The number of benzene rings is 2. The number of halogens is 1. The maximum Gasteiger partial charge on any atom is 0.226 e. The number of rotatable bonds is 6. The van der Waals surface area contributed by atoms with Crippen molar-refractivity contribution in [2.45, 2.75) is 26.7 Å². The number of carbonyl (C=O) groups excluding carboxylic acids is 1. The Kier molecular flexibility index (Phi) is 5.56. The Morgan fingerprint density at radius 3 is 2.68 bits per heavy atom. The van der Waals surface area contributed by atoms with Gasteiger partial charge in [-0.15, -0.1) is 0 Å². The number of aryl methyl sites for hydroxylation is 2. The van der Waals surface area contributed by atoms with Crippen LogP contribution in [0.4, 0.5) is 5.13 Å². The minimum atomic E-state index is -0.0499. The molecule has 3 aromatic rings. The lowest BCUT2D eigenvalue weighted by atomic mass is 10.1. The van der Waals surface area contributed by atoms with Gasteiger partial charge in [0.25, 0.3) is 0 Å². The van der Waals surface area contributed by atoms with E-state index in [0.29, 0.717) is 24.6 Å². The molecule has 1 N–H and O–H groups in total. The van der Waals surface area contributed by atoms with Crippen molar-refractivity contribution < 1.29 is 9.53 Å². The zero-order chi connectivity index (χ0) is 17.8. The largest absolute Gasteiger partial charge is 0.494 e. The highest BCUT2D eigenvalue weighted by molar-refractivity contribution is 7.22. The fraction of sp³-hybridized carbons (Fsp3) is 0.263. The third kappa shape index (κ3) is 4.50. The molecule has 0 saturated heterocycles. The Balaban J connectivity index is 1.46. The minimum Gasteiger partial charge on any atom is -0.494 e. The molecule has 4 nitrogen and oxygen atoms in total. The second kappa shape index (κ2) is 7.85. The number of thiazole rings is 1. The van der Waals surface area contributed by atoms with Crippen molar-refractivity contribution in [1.29, 1.82) is 0 Å². The van der Waals surface area contributed by atoms with Gasteiger partial charge in [-0.05, 0) is 55.7 Å². The van der Waals surface area contributed by atoms with E-state index in [1.54, 1.807) is 0 Å². The Labute approximate surface area is 155 Å². The van der Waals surface area contributed by atoms with Crippen molar-refractivity contribution in [2.75, 3.05) is 11.9 Å². The Morgan fingerprint density at radius 2 is 1.96 bits per heavy atom. The van der Waals surface area contributed by atoms with Crippen LogP contribution in [0.3, 0.4) is 0 Å². The Bertz CT molecular complexity index is 851. The van der Waals surface area contributed by atoms with Crippen molar-refractivity contribution >= 4 is 44.2 Å². The fourth-order valence-electron chi connectivity index (χ4n) is 2.52. The van der Waals surface area contributed by atoms with Crippen LogP contribution < -0.4 is 10.1 Å². The molecule has 25 heavy (non-hydrogen) atoms. The van der Waals surface area contributed by atoms with Crippen LogP contribution >= 0.6 is 22.9 Å². The Morgan fingerprint density at radius 1 is 1.24 bits per heavy atom. The monoisotopic (exact) mass is 374 g/mol. The smallest absolute Gasteiger partial charge is 0.226 e. The van der Waals surface area contributed by atoms with E-state index in [1.165, 1.54) is 11.3 Å². The van der Waals surface area contributed by atoms with Crippen LogP contribution in [-0.2, 0) is 4.79 Å². The van der Waals surface area contributed by atoms with Crippen LogP contribution in [-0.4, -0.2) is 17.5 Å². The summed E-state index contributed by atoms with van der Waals surface area (Å²) in [4.78, 5) is 16.4. The van der Waals surface area contributed by atoms with E-state index >= 15 is 0 Å². The van der Waals surface area contributed by atoms with Crippen LogP contribution in [0.2, 0.25) is 5.02 Å². The topological polar surface area (TPSA) is 51.2 Å². The molecule has 0 aliphatic rings. The predicted molar refractivity (Wildman–Crippen MR) is 104 cm³/mol.